The second kappa shape index (κ2) is 6.78. The van der Waals surface area contributed by atoms with Gasteiger partial charge in [-0.2, -0.15) is 0 Å². The summed E-state index contributed by atoms with van der Waals surface area (Å²) in [5, 5.41) is 14.8. The zero-order valence-electron chi connectivity index (χ0n) is 14.6. The van der Waals surface area contributed by atoms with E-state index in [-0.39, 0.29) is 24.3 Å². The Labute approximate surface area is 150 Å². The van der Waals surface area contributed by atoms with Crippen molar-refractivity contribution in [2.75, 3.05) is 11.9 Å². The van der Waals surface area contributed by atoms with Crippen molar-refractivity contribution >= 4 is 34.2 Å². The molecule has 0 unspecified atom stereocenters. The fourth-order valence-corrected chi connectivity index (χ4v) is 5.42. The van der Waals surface area contributed by atoms with Gasteiger partial charge in [-0.25, -0.2) is 4.79 Å². The van der Waals surface area contributed by atoms with E-state index in [0.29, 0.717) is 10.6 Å². The summed E-state index contributed by atoms with van der Waals surface area (Å²) >= 11 is 1.32. The average Bonchev–Trinajstić information content (AvgIpc) is 3.21. The van der Waals surface area contributed by atoms with Gasteiger partial charge in [-0.3, -0.25) is 4.79 Å². The Hall–Kier alpha value is -1.89. The minimum absolute atomic E-state index is 0.0297. The highest BCUT2D eigenvalue weighted by Gasteiger charge is 2.51. The number of rotatable bonds is 5. The van der Waals surface area contributed by atoms with Crippen LogP contribution in [0.4, 0.5) is 5.00 Å². The number of hydrogen-bond acceptors (Lipinski definition) is 6. The van der Waals surface area contributed by atoms with Crippen molar-refractivity contribution in [2.24, 2.45) is 23.7 Å². The summed E-state index contributed by atoms with van der Waals surface area (Å²) < 4.78 is 5.09. The van der Waals surface area contributed by atoms with Gasteiger partial charge in [-0.1, -0.05) is 0 Å². The van der Waals surface area contributed by atoms with Gasteiger partial charge in [0.15, 0.2) is 0 Å². The highest BCUT2D eigenvalue weighted by molar-refractivity contribution is 7.16. The van der Waals surface area contributed by atoms with E-state index in [1.807, 2.05) is 13.8 Å². The highest BCUT2D eigenvalue weighted by atomic mass is 32.1. The smallest absolute Gasteiger partial charge is 0.341 e. The number of fused-ring (bicyclic) bond motifs is 2. The Balaban J connectivity index is 1.85. The van der Waals surface area contributed by atoms with Crippen LogP contribution in [0.25, 0.3) is 0 Å². The molecule has 0 spiro atoms. The molecule has 1 aromatic heterocycles. The van der Waals surface area contributed by atoms with Crippen LogP contribution in [-0.4, -0.2) is 24.5 Å². The zero-order valence-corrected chi connectivity index (χ0v) is 15.4. The molecule has 0 aliphatic heterocycles. The van der Waals surface area contributed by atoms with Gasteiger partial charge in [0.2, 0.25) is 5.91 Å². The zero-order chi connectivity index (χ0) is 18.3. The van der Waals surface area contributed by atoms with Crippen LogP contribution in [0.15, 0.2) is 0 Å². The summed E-state index contributed by atoms with van der Waals surface area (Å²) in [6, 6.07) is 0. The lowest BCUT2D eigenvalue weighted by Crippen LogP contribution is -2.44. The first-order valence-electron chi connectivity index (χ1n) is 8.63. The number of carboxylic acid groups (broad SMARTS) is 1. The lowest BCUT2D eigenvalue weighted by atomic mass is 9.79. The van der Waals surface area contributed by atoms with Crippen molar-refractivity contribution in [1.29, 1.82) is 0 Å². The number of anilines is 1. The highest BCUT2D eigenvalue weighted by Crippen LogP contribution is 2.52. The van der Waals surface area contributed by atoms with E-state index in [0.717, 1.165) is 29.7 Å². The molecule has 2 fully saturated rings. The van der Waals surface area contributed by atoms with E-state index in [2.05, 4.69) is 5.32 Å². The molecule has 2 saturated carbocycles. The standard InChI is InChI=1S/C18H23NO5S/c1-4-24-18(23)12-8(2)9(3)25-16(12)19-15(20)13-10-5-6-11(7-10)14(13)17(21)22/h10-11,13-14H,4-7H2,1-3H3,(H,19,20)(H,21,22)/p-1/t10-,11-,13+,14+/m1/s1. The molecule has 1 heterocycles. The van der Waals surface area contributed by atoms with Crippen LogP contribution in [0.5, 0.6) is 0 Å². The van der Waals surface area contributed by atoms with Crippen molar-refractivity contribution in [1.82, 2.24) is 0 Å². The number of aryl methyl sites for hydroxylation is 1. The van der Waals surface area contributed by atoms with Gasteiger partial charge >= 0.3 is 5.97 Å². The Bertz CT molecular complexity index is 725. The van der Waals surface area contributed by atoms with Gasteiger partial charge < -0.3 is 20.0 Å². The Morgan fingerprint density at radius 1 is 1.20 bits per heavy atom. The summed E-state index contributed by atoms with van der Waals surface area (Å²) in [7, 11) is 0. The molecular weight excluding hydrogens is 342 g/mol. The van der Waals surface area contributed by atoms with Crippen LogP contribution in [0, 0.1) is 37.5 Å². The molecule has 2 bridgehead atoms. The number of thiophene rings is 1. The van der Waals surface area contributed by atoms with E-state index in [1.165, 1.54) is 11.3 Å². The predicted molar refractivity (Wildman–Crippen MR) is 91.2 cm³/mol. The number of nitrogens with one attached hydrogen (secondary N) is 1. The third-order valence-electron chi connectivity index (χ3n) is 5.59. The van der Waals surface area contributed by atoms with Crippen molar-refractivity contribution in [3.05, 3.63) is 16.0 Å². The average molecular weight is 364 g/mol. The van der Waals surface area contributed by atoms with Crippen molar-refractivity contribution in [3.63, 3.8) is 0 Å². The second-order valence-corrected chi connectivity index (χ2v) is 8.13. The first kappa shape index (κ1) is 17.9. The summed E-state index contributed by atoms with van der Waals surface area (Å²) in [5.74, 6) is -3.13. The largest absolute Gasteiger partial charge is 0.550 e. The lowest BCUT2D eigenvalue weighted by Gasteiger charge is -2.30. The first-order chi connectivity index (χ1) is 11.8. The van der Waals surface area contributed by atoms with Gasteiger partial charge in [-0.05, 0) is 57.4 Å². The molecule has 0 aromatic carbocycles. The van der Waals surface area contributed by atoms with E-state index < -0.39 is 23.8 Å². The Kier molecular flexibility index (Phi) is 4.86. The molecule has 6 nitrogen and oxygen atoms in total. The van der Waals surface area contributed by atoms with Crippen molar-refractivity contribution < 1.29 is 24.2 Å². The van der Waals surface area contributed by atoms with Gasteiger partial charge in [0.1, 0.15) is 5.00 Å². The van der Waals surface area contributed by atoms with Crippen LogP contribution >= 0.6 is 11.3 Å². The Morgan fingerprint density at radius 2 is 1.84 bits per heavy atom. The molecule has 1 N–H and O–H groups in total. The lowest BCUT2D eigenvalue weighted by molar-refractivity contribution is -0.314. The molecular formula is C18H22NO5S-. The monoisotopic (exact) mass is 364 g/mol. The summed E-state index contributed by atoms with van der Waals surface area (Å²) in [5.41, 5.74) is 1.15. The normalized spacial score (nSPS) is 27.3. The molecule has 7 heteroatoms. The van der Waals surface area contributed by atoms with Crippen LogP contribution < -0.4 is 10.4 Å². The minimum Gasteiger partial charge on any atom is -0.550 e. The van der Waals surface area contributed by atoms with Crippen LogP contribution in [0.3, 0.4) is 0 Å². The molecule has 0 radical (unpaired) electrons. The number of amides is 1. The van der Waals surface area contributed by atoms with Gasteiger partial charge in [0, 0.05) is 22.7 Å². The fourth-order valence-electron chi connectivity index (χ4n) is 4.37. The minimum atomic E-state index is -1.14. The van der Waals surface area contributed by atoms with Gasteiger partial charge in [0.25, 0.3) is 0 Å². The summed E-state index contributed by atoms with van der Waals surface area (Å²) in [6.45, 7) is 5.67. The summed E-state index contributed by atoms with van der Waals surface area (Å²) in [4.78, 5) is 37.5. The molecule has 4 atom stereocenters. The SMILES string of the molecule is CCOC(=O)c1c(NC(=O)[C@H]2[C@@H]3CC[C@H](C3)[C@@H]2C(=O)[O-])sc(C)c1C. The molecule has 2 aliphatic carbocycles. The molecule has 136 valence electrons. The third-order valence-corrected chi connectivity index (χ3v) is 6.72. The number of hydrogen-bond donors (Lipinski definition) is 1. The van der Waals surface area contributed by atoms with Crippen LogP contribution in [0.2, 0.25) is 0 Å². The maximum absolute atomic E-state index is 12.8. The van der Waals surface area contributed by atoms with Crippen LogP contribution in [-0.2, 0) is 14.3 Å². The number of carbonyl (C=O) groups is 3. The van der Waals surface area contributed by atoms with E-state index >= 15 is 0 Å². The Morgan fingerprint density at radius 3 is 2.44 bits per heavy atom. The molecule has 0 saturated heterocycles. The molecule has 25 heavy (non-hydrogen) atoms. The quantitative estimate of drug-likeness (QED) is 0.805. The molecule has 1 aromatic rings. The number of carbonyl (C=O) groups excluding carboxylic acids is 3. The van der Waals surface area contributed by atoms with E-state index in [9.17, 15) is 19.5 Å². The number of ether oxygens (including phenoxy) is 1. The fraction of sp³-hybridized carbons (Fsp3) is 0.611. The van der Waals surface area contributed by atoms with Crippen molar-refractivity contribution in [3.8, 4) is 0 Å². The first-order valence-corrected chi connectivity index (χ1v) is 9.45. The second-order valence-electron chi connectivity index (χ2n) is 6.90. The number of carboxylic acids is 1. The number of aliphatic carboxylic acids is 1. The molecule has 3 rings (SSSR count). The number of esters is 1. The predicted octanol–water partition coefficient (Wildman–Crippen LogP) is 1.89. The third kappa shape index (κ3) is 3.05. The summed E-state index contributed by atoms with van der Waals surface area (Å²) in [6.07, 6.45) is 2.49. The molecule has 1 amide bonds. The molecule has 2 aliphatic rings. The van der Waals surface area contributed by atoms with Gasteiger partial charge in [0.05, 0.1) is 12.2 Å². The maximum atomic E-state index is 12.8. The maximum Gasteiger partial charge on any atom is 0.341 e. The van der Waals surface area contributed by atoms with Crippen LogP contribution in [0.1, 0.15) is 47.0 Å². The van der Waals surface area contributed by atoms with E-state index in [1.54, 1.807) is 6.92 Å². The van der Waals surface area contributed by atoms with E-state index in [4.69, 9.17) is 4.74 Å². The van der Waals surface area contributed by atoms with Crippen molar-refractivity contribution in [2.45, 2.75) is 40.0 Å². The van der Waals surface area contributed by atoms with Gasteiger partial charge in [-0.15, -0.1) is 11.3 Å². The topological polar surface area (TPSA) is 95.5 Å².